The summed E-state index contributed by atoms with van der Waals surface area (Å²) in [5.41, 5.74) is 0.795. The van der Waals surface area contributed by atoms with Gasteiger partial charge in [0.2, 0.25) is 10.0 Å². The number of hydrogen-bond acceptors (Lipinski definition) is 3. The molecule has 0 saturated carbocycles. The van der Waals surface area contributed by atoms with Crippen molar-refractivity contribution in [1.82, 2.24) is 4.72 Å². The van der Waals surface area contributed by atoms with E-state index in [4.69, 9.17) is 16.7 Å². The Labute approximate surface area is 127 Å². The van der Waals surface area contributed by atoms with E-state index in [9.17, 15) is 13.2 Å². The standard InChI is InChI=1S/C14H12ClNO4S/c15-12-3-1-2-4-13(12)21(19,20)16-9-10-5-7-11(8-6-10)14(17)18/h1-8,16H,9H2,(H,17,18). The first kappa shape index (κ1) is 15.5. The van der Waals surface area contributed by atoms with E-state index in [1.165, 1.54) is 24.3 Å². The Morgan fingerprint density at radius 2 is 1.71 bits per heavy atom. The lowest BCUT2D eigenvalue weighted by atomic mass is 10.1. The smallest absolute Gasteiger partial charge is 0.335 e. The molecule has 21 heavy (non-hydrogen) atoms. The molecule has 2 rings (SSSR count). The van der Waals surface area contributed by atoms with Gasteiger partial charge >= 0.3 is 5.97 Å². The Morgan fingerprint density at radius 3 is 2.29 bits per heavy atom. The first-order valence-electron chi connectivity index (χ1n) is 5.96. The van der Waals surface area contributed by atoms with Crippen LogP contribution in [-0.4, -0.2) is 19.5 Å². The highest BCUT2D eigenvalue weighted by atomic mass is 35.5. The van der Waals surface area contributed by atoms with Crippen LogP contribution in [0.2, 0.25) is 5.02 Å². The maximum Gasteiger partial charge on any atom is 0.335 e. The molecule has 0 aliphatic rings. The highest BCUT2D eigenvalue weighted by Crippen LogP contribution is 2.20. The van der Waals surface area contributed by atoms with Crippen molar-refractivity contribution in [2.45, 2.75) is 11.4 Å². The fraction of sp³-hybridized carbons (Fsp3) is 0.0714. The lowest BCUT2D eigenvalue weighted by Gasteiger charge is -2.08. The third-order valence-corrected chi connectivity index (χ3v) is 4.69. The zero-order chi connectivity index (χ0) is 15.5. The maximum absolute atomic E-state index is 12.1. The number of sulfonamides is 1. The molecule has 0 fully saturated rings. The molecule has 0 unspecified atom stereocenters. The van der Waals surface area contributed by atoms with Crippen LogP contribution in [-0.2, 0) is 16.6 Å². The van der Waals surface area contributed by atoms with Crippen LogP contribution in [0.5, 0.6) is 0 Å². The lowest BCUT2D eigenvalue weighted by molar-refractivity contribution is 0.0697. The second-order valence-corrected chi connectivity index (χ2v) is 6.40. The van der Waals surface area contributed by atoms with Gasteiger partial charge in [-0.15, -0.1) is 0 Å². The van der Waals surface area contributed by atoms with Gasteiger partial charge in [-0.1, -0.05) is 35.9 Å². The molecule has 5 nitrogen and oxygen atoms in total. The average Bonchev–Trinajstić information content (AvgIpc) is 2.46. The Kier molecular flexibility index (Phi) is 4.62. The second kappa shape index (κ2) is 6.26. The highest BCUT2D eigenvalue weighted by Gasteiger charge is 2.16. The summed E-state index contributed by atoms with van der Waals surface area (Å²) in [6, 6.07) is 12.1. The summed E-state index contributed by atoms with van der Waals surface area (Å²) in [5.74, 6) is -1.03. The Balaban J connectivity index is 2.12. The van der Waals surface area contributed by atoms with Gasteiger partial charge in [-0.2, -0.15) is 0 Å². The predicted molar refractivity (Wildman–Crippen MR) is 78.9 cm³/mol. The van der Waals surface area contributed by atoms with Crippen molar-refractivity contribution in [3.8, 4) is 0 Å². The highest BCUT2D eigenvalue weighted by molar-refractivity contribution is 7.89. The van der Waals surface area contributed by atoms with Gasteiger partial charge in [-0.25, -0.2) is 17.9 Å². The normalized spacial score (nSPS) is 11.3. The summed E-state index contributed by atoms with van der Waals surface area (Å²) in [5, 5.41) is 8.93. The number of carboxylic acids is 1. The summed E-state index contributed by atoms with van der Waals surface area (Å²) in [7, 11) is -3.71. The Morgan fingerprint density at radius 1 is 1.10 bits per heavy atom. The van der Waals surface area contributed by atoms with E-state index < -0.39 is 16.0 Å². The first-order chi connectivity index (χ1) is 9.90. The van der Waals surface area contributed by atoms with Crippen molar-refractivity contribution in [2.75, 3.05) is 0 Å². The Bertz CT molecular complexity index is 757. The van der Waals surface area contributed by atoms with E-state index in [1.807, 2.05) is 0 Å². The zero-order valence-corrected chi connectivity index (χ0v) is 12.4. The third-order valence-electron chi connectivity index (χ3n) is 2.79. The second-order valence-electron chi connectivity index (χ2n) is 4.26. The molecule has 0 radical (unpaired) electrons. The van der Waals surface area contributed by atoms with Gasteiger partial charge in [0.15, 0.2) is 0 Å². The van der Waals surface area contributed by atoms with E-state index in [2.05, 4.69) is 4.72 Å². The monoisotopic (exact) mass is 325 g/mol. The number of nitrogens with one attached hydrogen (secondary N) is 1. The molecule has 2 aromatic carbocycles. The van der Waals surface area contributed by atoms with Crippen LogP contribution in [0.3, 0.4) is 0 Å². The summed E-state index contributed by atoms with van der Waals surface area (Å²) in [4.78, 5) is 10.7. The van der Waals surface area contributed by atoms with E-state index in [0.29, 0.717) is 5.56 Å². The molecule has 2 N–H and O–H groups in total. The number of hydrogen-bond donors (Lipinski definition) is 2. The van der Waals surface area contributed by atoms with Crippen LogP contribution in [0.15, 0.2) is 53.4 Å². The van der Waals surface area contributed by atoms with E-state index in [1.54, 1.807) is 24.3 Å². The number of halogens is 1. The summed E-state index contributed by atoms with van der Waals surface area (Å²) in [6.45, 7) is 0.0491. The number of carboxylic acid groups (broad SMARTS) is 1. The van der Waals surface area contributed by atoms with Gasteiger partial charge < -0.3 is 5.11 Å². The van der Waals surface area contributed by atoms with Gasteiger partial charge in [0.05, 0.1) is 10.6 Å². The molecule has 0 bridgehead atoms. The zero-order valence-electron chi connectivity index (χ0n) is 10.8. The largest absolute Gasteiger partial charge is 0.478 e. The summed E-state index contributed by atoms with van der Waals surface area (Å²) < 4.78 is 26.6. The van der Waals surface area contributed by atoms with Gasteiger partial charge in [0, 0.05) is 6.54 Å². The van der Waals surface area contributed by atoms with Crippen molar-refractivity contribution in [3.63, 3.8) is 0 Å². The molecule has 0 amide bonds. The van der Waals surface area contributed by atoms with E-state index in [-0.39, 0.29) is 22.0 Å². The van der Waals surface area contributed by atoms with E-state index in [0.717, 1.165) is 0 Å². The molecule has 110 valence electrons. The molecule has 0 aromatic heterocycles. The maximum atomic E-state index is 12.1. The van der Waals surface area contributed by atoms with Gasteiger partial charge in [0.25, 0.3) is 0 Å². The van der Waals surface area contributed by atoms with Gasteiger partial charge in [-0.3, -0.25) is 0 Å². The number of benzene rings is 2. The van der Waals surface area contributed by atoms with Crippen LogP contribution in [0.1, 0.15) is 15.9 Å². The molecule has 7 heteroatoms. The first-order valence-corrected chi connectivity index (χ1v) is 7.83. The minimum absolute atomic E-state index is 0.00817. The van der Waals surface area contributed by atoms with Crippen LogP contribution in [0.4, 0.5) is 0 Å². The van der Waals surface area contributed by atoms with Crippen molar-refractivity contribution < 1.29 is 18.3 Å². The minimum Gasteiger partial charge on any atom is -0.478 e. The van der Waals surface area contributed by atoms with Crippen molar-refractivity contribution in [1.29, 1.82) is 0 Å². The lowest BCUT2D eigenvalue weighted by Crippen LogP contribution is -2.23. The molecule has 0 saturated heterocycles. The molecular formula is C14H12ClNO4S. The summed E-state index contributed by atoms with van der Waals surface area (Å²) >= 11 is 5.86. The van der Waals surface area contributed by atoms with Gasteiger partial charge in [-0.05, 0) is 29.8 Å². The fourth-order valence-electron chi connectivity index (χ4n) is 1.68. The van der Waals surface area contributed by atoms with E-state index >= 15 is 0 Å². The molecule has 2 aromatic rings. The summed E-state index contributed by atoms with van der Waals surface area (Å²) in [6.07, 6.45) is 0. The Hall–Kier alpha value is -1.89. The predicted octanol–water partition coefficient (Wildman–Crippen LogP) is 2.52. The quantitative estimate of drug-likeness (QED) is 0.884. The molecular weight excluding hydrogens is 314 g/mol. The number of carbonyl (C=O) groups is 1. The van der Waals surface area contributed by atoms with Crippen LogP contribution < -0.4 is 4.72 Å². The van der Waals surface area contributed by atoms with Crippen LogP contribution in [0.25, 0.3) is 0 Å². The third kappa shape index (κ3) is 3.81. The van der Waals surface area contributed by atoms with Crippen LogP contribution >= 0.6 is 11.6 Å². The SMILES string of the molecule is O=C(O)c1ccc(CNS(=O)(=O)c2ccccc2Cl)cc1. The fourth-order valence-corrected chi connectivity index (χ4v) is 3.22. The van der Waals surface area contributed by atoms with Crippen LogP contribution in [0, 0.1) is 0 Å². The molecule has 0 heterocycles. The number of rotatable bonds is 5. The topological polar surface area (TPSA) is 83.5 Å². The van der Waals surface area contributed by atoms with Crippen molar-refractivity contribution in [2.24, 2.45) is 0 Å². The molecule has 0 spiro atoms. The van der Waals surface area contributed by atoms with Crippen molar-refractivity contribution >= 4 is 27.6 Å². The number of aromatic carboxylic acids is 1. The van der Waals surface area contributed by atoms with Crippen molar-refractivity contribution in [3.05, 3.63) is 64.7 Å². The van der Waals surface area contributed by atoms with Gasteiger partial charge in [0.1, 0.15) is 4.90 Å². The molecule has 0 aliphatic carbocycles. The molecule has 0 aliphatic heterocycles. The molecule has 0 atom stereocenters. The minimum atomic E-state index is -3.71. The average molecular weight is 326 g/mol.